The quantitative estimate of drug-likeness (QED) is 0.817. The fourth-order valence-corrected chi connectivity index (χ4v) is 1.03. The highest BCUT2D eigenvalue weighted by Crippen LogP contribution is 2.17. The second-order valence-corrected chi connectivity index (χ2v) is 3.78. The average molecular weight is 245 g/mol. The van der Waals surface area contributed by atoms with Crippen LogP contribution in [0.1, 0.15) is 12.6 Å². The van der Waals surface area contributed by atoms with Gasteiger partial charge in [-0.1, -0.05) is 0 Å². The van der Waals surface area contributed by atoms with Gasteiger partial charge in [-0.2, -0.15) is 0 Å². The standard InChI is InChI=1S/C8H9BrN2O2/c1-8(10,7(12)13)6-3-2-5(9)4-11-6/h2-4H,10H2,1H3,(H,12,13)/t8-/m0/s1. The van der Waals surface area contributed by atoms with Gasteiger partial charge >= 0.3 is 5.97 Å². The van der Waals surface area contributed by atoms with Crippen LogP contribution < -0.4 is 5.73 Å². The molecule has 1 aromatic heterocycles. The molecule has 0 aromatic carbocycles. The summed E-state index contributed by atoms with van der Waals surface area (Å²) >= 11 is 3.20. The van der Waals surface area contributed by atoms with Crippen LogP contribution in [0, 0.1) is 0 Å². The Morgan fingerprint density at radius 2 is 2.31 bits per heavy atom. The number of halogens is 1. The number of hydrogen-bond acceptors (Lipinski definition) is 3. The van der Waals surface area contributed by atoms with Crippen LogP contribution in [-0.4, -0.2) is 16.1 Å². The minimum absolute atomic E-state index is 0.336. The number of nitrogens with zero attached hydrogens (tertiary/aromatic N) is 1. The van der Waals surface area contributed by atoms with Crippen molar-refractivity contribution in [3.05, 3.63) is 28.5 Å². The zero-order chi connectivity index (χ0) is 10.1. The molecule has 4 nitrogen and oxygen atoms in total. The molecule has 5 heteroatoms. The lowest BCUT2D eigenvalue weighted by atomic mass is 9.99. The van der Waals surface area contributed by atoms with Gasteiger partial charge in [0.25, 0.3) is 0 Å². The Hall–Kier alpha value is -0.940. The van der Waals surface area contributed by atoms with Crippen LogP contribution >= 0.6 is 15.9 Å². The van der Waals surface area contributed by atoms with Crippen LogP contribution in [0.25, 0.3) is 0 Å². The van der Waals surface area contributed by atoms with Gasteiger partial charge in [0.1, 0.15) is 0 Å². The minimum atomic E-state index is -1.43. The molecule has 0 saturated heterocycles. The summed E-state index contributed by atoms with van der Waals surface area (Å²) in [6.07, 6.45) is 1.52. The summed E-state index contributed by atoms with van der Waals surface area (Å²) in [4.78, 5) is 14.6. The first-order chi connectivity index (χ1) is 5.94. The lowest BCUT2D eigenvalue weighted by Crippen LogP contribution is -2.42. The molecule has 0 unspecified atom stereocenters. The minimum Gasteiger partial charge on any atom is -0.480 e. The molecule has 0 fully saturated rings. The zero-order valence-corrected chi connectivity index (χ0v) is 8.58. The van der Waals surface area contributed by atoms with Crippen LogP contribution in [0.3, 0.4) is 0 Å². The van der Waals surface area contributed by atoms with Crippen molar-refractivity contribution in [3.8, 4) is 0 Å². The first-order valence-electron chi connectivity index (χ1n) is 3.59. The van der Waals surface area contributed by atoms with E-state index in [1.54, 1.807) is 12.1 Å². The second-order valence-electron chi connectivity index (χ2n) is 2.87. The Labute approximate surface area is 83.9 Å². The lowest BCUT2D eigenvalue weighted by molar-refractivity contribution is -0.143. The van der Waals surface area contributed by atoms with Gasteiger partial charge in [0, 0.05) is 10.7 Å². The van der Waals surface area contributed by atoms with E-state index in [-0.39, 0.29) is 0 Å². The van der Waals surface area contributed by atoms with Gasteiger partial charge in [-0.05, 0) is 35.0 Å². The van der Waals surface area contributed by atoms with Gasteiger partial charge in [0.05, 0.1) is 5.69 Å². The van der Waals surface area contributed by atoms with Gasteiger partial charge in [0.15, 0.2) is 5.54 Å². The summed E-state index contributed by atoms with van der Waals surface area (Å²) in [7, 11) is 0. The molecular formula is C8H9BrN2O2. The van der Waals surface area contributed by atoms with Crippen LogP contribution in [0.4, 0.5) is 0 Å². The lowest BCUT2D eigenvalue weighted by Gasteiger charge is -2.17. The number of pyridine rings is 1. The van der Waals surface area contributed by atoms with Crippen molar-refractivity contribution in [1.82, 2.24) is 4.98 Å². The zero-order valence-electron chi connectivity index (χ0n) is 6.99. The van der Waals surface area contributed by atoms with Crippen molar-refractivity contribution in [2.45, 2.75) is 12.5 Å². The Bertz CT molecular complexity index is 321. The summed E-state index contributed by atoms with van der Waals surface area (Å²) in [6.45, 7) is 1.41. The van der Waals surface area contributed by atoms with E-state index >= 15 is 0 Å². The molecular weight excluding hydrogens is 236 g/mol. The summed E-state index contributed by atoms with van der Waals surface area (Å²) in [6, 6.07) is 3.29. The van der Waals surface area contributed by atoms with E-state index in [1.165, 1.54) is 13.1 Å². The van der Waals surface area contributed by atoms with Gasteiger partial charge in [-0.15, -0.1) is 0 Å². The molecule has 1 atom stereocenters. The van der Waals surface area contributed by atoms with E-state index in [0.717, 1.165) is 4.47 Å². The smallest absolute Gasteiger partial charge is 0.329 e. The third-order valence-corrected chi connectivity index (χ3v) is 2.17. The van der Waals surface area contributed by atoms with Crippen LogP contribution in [-0.2, 0) is 10.3 Å². The van der Waals surface area contributed by atoms with Crippen LogP contribution in [0.2, 0.25) is 0 Å². The Morgan fingerprint density at radius 1 is 1.69 bits per heavy atom. The van der Waals surface area contributed by atoms with Gasteiger partial charge in [0.2, 0.25) is 0 Å². The van der Waals surface area contributed by atoms with Crippen LogP contribution in [0.5, 0.6) is 0 Å². The fourth-order valence-electron chi connectivity index (χ4n) is 0.793. The summed E-state index contributed by atoms with van der Waals surface area (Å²) in [5.41, 5.74) is 4.46. The van der Waals surface area contributed by atoms with Crippen molar-refractivity contribution in [2.24, 2.45) is 5.73 Å². The van der Waals surface area contributed by atoms with Crippen molar-refractivity contribution < 1.29 is 9.90 Å². The molecule has 0 spiro atoms. The first kappa shape index (κ1) is 10.1. The number of carbonyl (C=O) groups is 1. The third-order valence-electron chi connectivity index (χ3n) is 1.70. The summed E-state index contributed by atoms with van der Waals surface area (Å²) in [5, 5.41) is 8.79. The van der Waals surface area contributed by atoms with E-state index < -0.39 is 11.5 Å². The number of nitrogens with two attached hydrogens (primary N) is 1. The van der Waals surface area contributed by atoms with E-state index in [4.69, 9.17) is 10.8 Å². The maximum atomic E-state index is 10.7. The van der Waals surface area contributed by atoms with E-state index in [2.05, 4.69) is 20.9 Å². The molecule has 0 amide bonds. The van der Waals surface area contributed by atoms with Crippen molar-refractivity contribution in [3.63, 3.8) is 0 Å². The Morgan fingerprint density at radius 3 is 2.69 bits per heavy atom. The Balaban J connectivity index is 3.08. The number of carboxylic acid groups (broad SMARTS) is 1. The monoisotopic (exact) mass is 244 g/mol. The number of hydrogen-bond donors (Lipinski definition) is 2. The molecule has 1 heterocycles. The number of aromatic nitrogens is 1. The summed E-state index contributed by atoms with van der Waals surface area (Å²) < 4.78 is 0.789. The number of rotatable bonds is 2. The summed E-state index contributed by atoms with van der Waals surface area (Å²) in [5.74, 6) is -1.10. The SMILES string of the molecule is C[C@@](N)(C(=O)O)c1ccc(Br)cn1. The highest BCUT2D eigenvalue weighted by atomic mass is 79.9. The molecule has 0 bridgehead atoms. The largest absolute Gasteiger partial charge is 0.480 e. The maximum Gasteiger partial charge on any atom is 0.329 e. The topological polar surface area (TPSA) is 76.2 Å². The van der Waals surface area contributed by atoms with Crippen molar-refractivity contribution in [1.29, 1.82) is 0 Å². The molecule has 70 valence electrons. The molecule has 1 rings (SSSR count). The predicted molar refractivity (Wildman–Crippen MR) is 51.1 cm³/mol. The molecule has 13 heavy (non-hydrogen) atoms. The normalized spacial score (nSPS) is 15.0. The molecule has 0 aliphatic rings. The fraction of sp³-hybridized carbons (Fsp3) is 0.250. The molecule has 3 N–H and O–H groups in total. The molecule has 0 aliphatic carbocycles. The predicted octanol–water partition coefficient (Wildman–Crippen LogP) is 1.10. The average Bonchev–Trinajstić information content (AvgIpc) is 2.04. The highest BCUT2D eigenvalue weighted by molar-refractivity contribution is 9.10. The van der Waals surface area contributed by atoms with E-state index in [1.807, 2.05) is 0 Å². The third kappa shape index (κ3) is 2.05. The number of carboxylic acids is 1. The van der Waals surface area contributed by atoms with Gasteiger partial charge in [-0.3, -0.25) is 4.98 Å². The van der Waals surface area contributed by atoms with Crippen LogP contribution in [0.15, 0.2) is 22.8 Å². The van der Waals surface area contributed by atoms with Crippen molar-refractivity contribution in [2.75, 3.05) is 0 Å². The van der Waals surface area contributed by atoms with E-state index in [0.29, 0.717) is 5.69 Å². The van der Waals surface area contributed by atoms with E-state index in [9.17, 15) is 4.79 Å². The first-order valence-corrected chi connectivity index (χ1v) is 4.38. The highest BCUT2D eigenvalue weighted by Gasteiger charge is 2.31. The molecule has 0 radical (unpaired) electrons. The molecule has 0 aliphatic heterocycles. The molecule has 0 saturated carbocycles. The maximum absolute atomic E-state index is 10.7. The second kappa shape index (κ2) is 3.43. The Kier molecular flexibility index (Phi) is 2.68. The van der Waals surface area contributed by atoms with Gasteiger partial charge in [-0.25, -0.2) is 4.79 Å². The number of aliphatic carboxylic acids is 1. The van der Waals surface area contributed by atoms with Crippen molar-refractivity contribution >= 4 is 21.9 Å². The van der Waals surface area contributed by atoms with Gasteiger partial charge < -0.3 is 10.8 Å². The molecule has 1 aromatic rings.